The lowest BCUT2D eigenvalue weighted by Crippen LogP contribution is -2.25. The van der Waals surface area contributed by atoms with Crippen LogP contribution in [0.15, 0.2) is 83.9 Å². The maximum Gasteiger partial charge on any atom is 0.333 e. The third-order valence-corrected chi connectivity index (χ3v) is 5.57. The van der Waals surface area contributed by atoms with Gasteiger partial charge in [-0.25, -0.2) is 4.79 Å². The summed E-state index contributed by atoms with van der Waals surface area (Å²) in [6.07, 6.45) is 5.55. The number of hydrogen-bond donors (Lipinski definition) is 1. The Bertz CT molecular complexity index is 1400. The van der Waals surface area contributed by atoms with Gasteiger partial charge in [-0.3, -0.25) is 14.1 Å². The molecule has 8 heteroatoms. The molecule has 0 aliphatic carbocycles. The van der Waals surface area contributed by atoms with E-state index in [1.54, 1.807) is 4.57 Å². The first kappa shape index (κ1) is 20.6. The van der Waals surface area contributed by atoms with Crippen molar-refractivity contribution >= 4 is 0 Å². The number of hydrogen-bond acceptors (Lipinski definition) is 5. The van der Waals surface area contributed by atoms with Gasteiger partial charge >= 0.3 is 5.69 Å². The third-order valence-electron chi connectivity index (χ3n) is 5.57. The van der Waals surface area contributed by atoms with Gasteiger partial charge in [-0.15, -0.1) is 10.2 Å². The minimum Gasteiger partial charge on any atom is -0.290 e. The molecule has 164 valence electrons. The van der Waals surface area contributed by atoms with Crippen LogP contribution in [0.3, 0.4) is 0 Å². The lowest BCUT2D eigenvalue weighted by Gasteiger charge is -2.09. The predicted molar refractivity (Wildman–Crippen MR) is 126 cm³/mol. The number of rotatable bonds is 7. The number of tetrazole rings is 1. The Morgan fingerprint density at radius 2 is 1.73 bits per heavy atom. The smallest absolute Gasteiger partial charge is 0.290 e. The molecule has 0 spiro atoms. The number of pyridine rings is 1. The highest BCUT2D eigenvalue weighted by molar-refractivity contribution is 5.79. The summed E-state index contributed by atoms with van der Waals surface area (Å²) in [6.45, 7) is 2.53. The number of nitrogens with zero attached hydrogens (tertiary/aromatic N) is 6. The van der Waals surface area contributed by atoms with Gasteiger partial charge in [0.25, 0.3) is 0 Å². The lowest BCUT2D eigenvalue weighted by molar-refractivity contribution is 0.679. The number of aryl methyl sites for hydroxylation is 1. The van der Waals surface area contributed by atoms with Gasteiger partial charge in [-0.2, -0.15) is 5.21 Å². The average molecular weight is 438 g/mol. The molecule has 0 aliphatic rings. The molecule has 0 atom stereocenters. The van der Waals surface area contributed by atoms with Crippen LogP contribution in [-0.2, 0) is 13.0 Å². The second kappa shape index (κ2) is 9.04. The van der Waals surface area contributed by atoms with E-state index in [-0.39, 0.29) is 5.69 Å². The first-order chi connectivity index (χ1) is 16.2. The molecule has 0 amide bonds. The summed E-state index contributed by atoms with van der Waals surface area (Å²) in [5.41, 5.74) is 5.42. The van der Waals surface area contributed by atoms with Gasteiger partial charge < -0.3 is 0 Å². The van der Waals surface area contributed by atoms with E-state index in [2.05, 4.69) is 32.5 Å². The monoisotopic (exact) mass is 437 g/mol. The number of imidazole rings is 1. The summed E-state index contributed by atoms with van der Waals surface area (Å²) in [7, 11) is 0. The van der Waals surface area contributed by atoms with Crippen LogP contribution in [0.4, 0.5) is 0 Å². The molecule has 2 aromatic carbocycles. The van der Waals surface area contributed by atoms with Crippen molar-refractivity contribution in [3.63, 3.8) is 0 Å². The number of aromatic nitrogens is 7. The number of nitrogens with one attached hydrogen (secondary N) is 1. The highest BCUT2D eigenvalue weighted by atomic mass is 16.1. The quantitative estimate of drug-likeness (QED) is 0.417. The number of aromatic amines is 1. The standard InChI is InChI=1S/C25H23N7O/c1-2-8-21-17-32(20-9-4-3-5-10-20)25(33)31(21)16-19-14-13-18(15-26-19)22-11-6-7-12-23(22)24-27-29-30-28-24/h3-7,9-15,17H,2,8,16H2,1H3,(H,27,28,29,30). The minimum atomic E-state index is -0.0574. The molecule has 8 nitrogen and oxygen atoms in total. The first-order valence-corrected chi connectivity index (χ1v) is 10.9. The zero-order valence-corrected chi connectivity index (χ0v) is 18.2. The molecule has 1 N–H and O–H groups in total. The summed E-state index contributed by atoms with van der Waals surface area (Å²) < 4.78 is 3.52. The molecule has 0 unspecified atom stereocenters. The van der Waals surface area contributed by atoms with Gasteiger partial charge in [0.1, 0.15) is 0 Å². The SMILES string of the molecule is CCCc1cn(-c2ccccc2)c(=O)n1Cc1ccc(-c2ccccc2-c2nn[nH]n2)cn1. The molecule has 33 heavy (non-hydrogen) atoms. The fraction of sp³-hybridized carbons (Fsp3) is 0.160. The van der Waals surface area contributed by atoms with Crippen molar-refractivity contribution in [2.24, 2.45) is 0 Å². The van der Waals surface area contributed by atoms with Crippen molar-refractivity contribution in [3.05, 3.63) is 101 Å². The van der Waals surface area contributed by atoms with Crippen LogP contribution in [0.5, 0.6) is 0 Å². The van der Waals surface area contributed by atoms with Crippen molar-refractivity contribution in [1.82, 2.24) is 34.7 Å². The molecule has 0 fully saturated rings. The maximum absolute atomic E-state index is 13.2. The van der Waals surface area contributed by atoms with Crippen molar-refractivity contribution < 1.29 is 0 Å². The molecule has 0 bridgehead atoms. The van der Waals surface area contributed by atoms with Gasteiger partial charge in [0.05, 0.1) is 17.9 Å². The van der Waals surface area contributed by atoms with Crippen LogP contribution >= 0.6 is 0 Å². The Morgan fingerprint density at radius 3 is 2.42 bits per heavy atom. The summed E-state index contributed by atoms with van der Waals surface area (Å²) in [5.74, 6) is 0.535. The largest absolute Gasteiger partial charge is 0.333 e. The van der Waals surface area contributed by atoms with Gasteiger partial charge in [0.2, 0.25) is 5.82 Å². The molecule has 0 aliphatic heterocycles. The maximum atomic E-state index is 13.2. The van der Waals surface area contributed by atoms with Gasteiger partial charge in [-0.1, -0.05) is 61.9 Å². The molecule has 0 saturated carbocycles. The molecule has 5 rings (SSSR count). The zero-order valence-electron chi connectivity index (χ0n) is 18.2. The fourth-order valence-corrected chi connectivity index (χ4v) is 3.97. The molecule has 0 saturated heterocycles. The average Bonchev–Trinajstić information content (AvgIpc) is 3.50. The second-order valence-corrected chi connectivity index (χ2v) is 7.76. The van der Waals surface area contributed by atoms with E-state index in [9.17, 15) is 4.79 Å². The summed E-state index contributed by atoms with van der Waals surface area (Å²) in [4.78, 5) is 17.9. The molecule has 0 radical (unpaired) electrons. The van der Waals surface area contributed by atoms with E-state index in [0.29, 0.717) is 12.4 Å². The Morgan fingerprint density at radius 1 is 0.939 bits per heavy atom. The van der Waals surface area contributed by atoms with Crippen LogP contribution in [0.2, 0.25) is 0 Å². The summed E-state index contributed by atoms with van der Waals surface area (Å²) in [6, 6.07) is 21.5. The van der Waals surface area contributed by atoms with Gasteiger partial charge in [0.15, 0.2) is 0 Å². The van der Waals surface area contributed by atoms with Gasteiger partial charge in [0, 0.05) is 29.2 Å². The van der Waals surface area contributed by atoms with E-state index in [1.807, 2.05) is 83.7 Å². The predicted octanol–water partition coefficient (Wildman–Crippen LogP) is 3.88. The zero-order chi connectivity index (χ0) is 22.6. The topological polar surface area (TPSA) is 94.3 Å². The molecular formula is C25H23N7O. The van der Waals surface area contributed by atoms with E-state index in [1.165, 1.54) is 0 Å². The Hall–Kier alpha value is -4.33. The van der Waals surface area contributed by atoms with Crippen LogP contribution in [0.1, 0.15) is 24.7 Å². The van der Waals surface area contributed by atoms with E-state index >= 15 is 0 Å². The fourth-order valence-electron chi connectivity index (χ4n) is 3.97. The lowest BCUT2D eigenvalue weighted by atomic mass is 10.0. The highest BCUT2D eigenvalue weighted by Crippen LogP contribution is 2.29. The van der Waals surface area contributed by atoms with Crippen molar-refractivity contribution in [2.75, 3.05) is 0 Å². The van der Waals surface area contributed by atoms with E-state index < -0.39 is 0 Å². The van der Waals surface area contributed by atoms with Crippen LogP contribution in [0.25, 0.3) is 28.2 Å². The van der Waals surface area contributed by atoms with Gasteiger partial charge in [-0.05, 0) is 35.4 Å². The van der Waals surface area contributed by atoms with Crippen molar-refractivity contribution in [3.8, 4) is 28.2 Å². The Balaban J connectivity index is 1.46. The molecule has 3 aromatic heterocycles. The summed E-state index contributed by atoms with van der Waals surface area (Å²) >= 11 is 0. The van der Waals surface area contributed by atoms with Crippen molar-refractivity contribution in [2.45, 2.75) is 26.3 Å². The molecule has 5 aromatic rings. The molecular weight excluding hydrogens is 414 g/mol. The number of H-pyrrole nitrogens is 1. The van der Waals surface area contributed by atoms with Crippen molar-refractivity contribution in [1.29, 1.82) is 0 Å². The second-order valence-electron chi connectivity index (χ2n) is 7.76. The Kier molecular flexibility index (Phi) is 5.63. The Labute approximate surface area is 190 Å². The van der Waals surface area contributed by atoms with Crippen LogP contribution in [-0.4, -0.2) is 34.7 Å². The first-order valence-electron chi connectivity index (χ1n) is 10.9. The highest BCUT2D eigenvalue weighted by Gasteiger charge is 2.14. The third kappa shape index (κ3) is 4.10. The normalized spacial score (nSPS) is 11.1. The number of para-hydroxylation sites is 1. The number of benzene rings is 2. The van der Waals surface area contributed by atoms with E-state index in [4.69, 9.17) is 0 Å². The minimum absolute atomic E-state index is 0.0574. The van der Waals surface area contributed by atoms with Crippen LogP contribution < -0.4 is 5.69 Å². The van der Waals surface area contributed by atoms with E-state index in [0.717, 1.165) is 46.6 Å². The molecule has 3 heterocycles. The summed E-state index contributed by atoms with van der Waals surface area (Å²) in [5, 5.41) is 14.4. The van der Waals surface area contributed by atoms with Crippen LogP contribution in [0, 0.1) is 0 Å².